The fraction of sp³-hybridized carbons (Fsp3) is 0.250. The molecule has 0 saturated carbocycles. The molecule has 1 aliphatic rings. The molecule has 4 nitrogen and oxygen atoms in total. The summed E-state index contributed by atoms with van der Waals surface area (Å²) in [6.45, 7) is 1.16. The van der Waals surface area contributed by atoms with E-state index in [2.05, 4.69) is 0 Å². The van der Waals surface area contributed by atoms with Crippen LogP contribution in [0.3, 0.4) is 0 Å². The summed E-state index contributed by atoms with van der Waals surface area (Å²) in [5, 5.41) is 10.2. The Hall–Kier alpha value is -1.85. The van der Waals surface area contributed by atoms with Gasteiger partial charge in [0.05, 0.1) is 6.10 Å². The molecular formula is C16H17NO3S. The zero-order valence-corrected chi connectivity index (χ0v) is 12.3. The number of nitrogens with two attached hydrogens (primary N) is 1. The van der Waals surface area contributed by atoms with Crippen molar-refractivity contribution in [3.05, 3.63) is 48.0 Å². The highest BCUT2D eigenvalue weighted by atomic mass is 32.2. The molecule has 1 unspecified atom stereocenters. The monoisotopic (exact) mass is 303 g/mol. The SMILES string of the molecule is Nc1ccccc1C(O)CSc1ccc2c(c1)OCCO2. The van der Waals surface area contributed by atoms with Gasteiger partial charge < -0.3 is 20.3 Å². The molecule has 1 atom stereocenters. The number of anilines is 1. The van der Waals surface area contributed by atoms with Crippen LogP contribution in [0.1, 0.15) is 11.7 Å². The summed E-state index contributed by atoms with van der Waals surface area (Å²) in [6, 6.07) is 13.2. The van der Waals surface area contributed by atoms with Crippen molar-refractivity contribution < 1.29 is 14.6 Å². The molecule has 0 saturated heterocycles. The first kappa shape index (κ1) is 14.1. The Bertz CT molecular complexity index is 633. The van der Waals surface area contributed by atoms with Crippen molar-refractivity contribution in [2.45, 2.75) is 11.0 Å². The number of benzene rings is 2. The summed E-state index contributed by atoms with van der Waals surface area (Å²) in [7, 11) is 0. The van der Waals surface area contributed by atoms with Gasteiger partial charge in [-0.1, -0.05) is 18.2 Å². The molecule has 3 rings (SSSR count). The molecule has 0 spiro atoms. The molecule has 3 N–H and O–H groups in total. The summed E-state index contributed by atoms with van der Waals surface area (Å²) in [6.07, 6.45) is -0.593. The minimum atomic E-state index is -0.593. The molecule has 0 aromatic heterocycles. The molecular weight excluding hydrogens is 286 g/mol. The van der Waals surface area contributed by atoms with Gasteiger partial charge in [-0.05, 0) is 24.3 Å². The van der Waals surface area contributed by atoms with Gasteiger partial charge in [0.25, 0.3) is 0 Å². The molecule has 21 heavy (non-hydrogen) atoms. The largest absolute Gasteiger partial charge is 0.486 e. The van der Waals surface area contributed by atoms with Gasteiger partial charge in [-0.15, -0.1) is 11.8 Å². The lowest BCUT2D eigenvalue weighted by molar-refractivity contribution is 0.171. The van der Waals surface area contributed by atoms with Crippen LogP contribution in [-0.4, -0.2) is 24.1 Å². The number of para-hydroxylation sites is 1. The first-order chi connectivity index (χ1) is 10.2. The third-order valence-corrected chi connectivity index (χ3v) is 4.35. The zero-order valence-electron chi connectivity index (χ0n) is 11.5. The topological polar surface area (TPSA) is 64.7 Å². The quantitative estimate of drug-likeness (QED) is 0.671. The molecule has 0 radical (unpaired) electrons. The van der Waals surface area contributed by atoms with E-state index in [1.807, 2.05) is 36.4 Å². The maximum atomic E-state index is 10.2. The van der Waals surface area contributed by atoms with Crippen molar-refractivity contribution in [3.8, 4) is 11.5 Å². The van der Waals surface area contributed by atoms with E-state index in [4.69, 9.17) is 15.2 Å². The van der Waals surface area contributed by atoms with Gasteiger partial charge in [0, 0.05) is 21.9 Å². The van der Waals surface area contributed by atoms with Crippen LogP contribution in [0.5, 0.6) is 11.5 Å². The van der Waals surface area contributed by atoms with Gasteiger partial charge in [-0.25, -0.2) is 0 Å². The van der Waals surface area contributed by atoms with Crippen LogP contribution in [0.25, 0.3) is 0 Å². The lowest BCUT2D eigenvalue weighted by Gasteiger charge is -2.19. The van der Waals surface area contributed by atoms with E-state index < -0.39 is 6.10 Å². The smallest absolute Gasteiger partial charge is 0.162 e. The molecule has 0 fully saturated rings. The Kier molecular flexibility index (Phi) is 4.22. The fourth-order valence-corrected chi connectivity index (χ4v) is 3.08. The van der Waals surface area contributed by atoms with Gasteiger partial charge in [0.1, 0.15) is 13.2 Å². The highest BCUT2D eigenvalue weighted by Gasteiger charge is 2.14. The number of nitrogen functional groups attached to an aromatic ring is 1. The number of aliphatic hydroxyl groups is 1. The van der Waals surface area contributed by atoms with E-state index in [-0.39, 0.29) is 0 Å². The zero-order chi connectivity index (χ0) is 14.7. The Labute approximate surface area is 127 Å². The van der Waals surface area contributed by atoms with Crippen LogP contribution in [0.2, 0.25) is 0 Å². The molecule has 2 aromatic carbocycles. The molecule has 5 heteroatoms. The highest BCUT2D eigenvalue weighted by Crippen LogP contribution is 2.35. The minimum absolute atomic E-state index is 0.536. The second-order valence-electron chi connectivity index (χ2n) is 4.76. The molecule has 1 heterocycles. The maximum Gasteiger partial charge on any atom is 0.162 e. The first-order valence-electron chi connectivity index (χ1n) is 6.79. The maximum absolute atomic E-state index is 10.2. The summed E-state index contributed by atoms with van der Waals surface area (Å²) < 4.78 is 11.0. The average molecular weight is 303 g/mol. The number of rotatable bonds is 4. The normalized spacial score (nSPS) is 14.7. The number of aliphatic hydroxyl groups excluding tert-OH is 1. The standard InChI is InChI=1S/C16H17NO3S/c17-13-4-2-1-3-12(13)14(18)10-21-11-5-6-15-16(9-11)20-8-7-19-15/h1-6,9,14,18H,7-8,10,17H2. The fourth-order valence-electron chi connectivity index (χ4n) is 2.19. The lowest BCUT2D eigenvalue weighted by atomic mass is 10.1. The van der Waals surface area contributed by atoms with Gasteiger partial charge >= 0.3 is 0 Å². The van der Waals surface area contributed by atoms with Crippen molar-refractivity contribution in [1.29, 1.82) is 0 Å². The number of thioether (sulfide) groups is 1. The van der Waals surface area contributed by atoms with Gasteiger partial charge in [-0.2, -0.15) is 0 Å². The molecule has 1 aliphatic heterocycles. The molecule has 0 bridgehead atoms. The van der Waals surface area contributed by atoms with E-state index in [0.29, 0.717) is 24.7 Å². The van der Waals surface area contributed by atoms with Crippen LogP contribution in [0.15, 0.2) is 47.4 Å². The first-order valence-corrected chi connectivity index (χ1v) is 7.77. The van der Waals surface area contributed by atoms with E-state index in [9.17, 15) is 5.11 Å². The molecule has 2 aromatic rings. The third kappa shape index (κ3) is 3.25. The van der Waals surface area contributed by atoms with Crippen molar-refractivity contribution in [3.63, 3.8) is 0 Å². The number of hydrogen-bond donors (Lipinski definition) is 2. The van der Waals surface area contributed by atoms with Gasteiger partial charge in [0.2, 0.25) is 0 Å². The number of ether oxygens (including phenoxy) is 2. The lowest BCUT2D eigenvalue weighted by Crippen LogP contribution is -2.15. The average Bonchev–Trinajstić information content (AvgIpc) is 2.53. The minimum Gasteiger partial charge on any atom is -0.486 e. The van der Waals surface area contributed by atoms with Crippen LogP contribution < -0.4 is 15.2 Å². The number of hydrogen-bond acceptors (Lipinski definition) is 5. The predicted molar refractivity (Wildman–Crippen MR) is 84.0 cm³/mol. The summed E-state index contributed by atoms with van der Waals surface area (Å²) >= 11 is 1.56. The van der Waals surface area contributed by atoms with Crippen molar-refractivity contribution in [2.24, 2.45) is 0 Å². The summed E-state index contributed by atoms with van der Waals surface area (Å²) in [5.74, 6) is 2.08. The molecule has 0 aliphatic carbocycles. The molecule has 0 amide bonds. The number of fused-ring (bicyclic) bond motifs is 1. The highest BCUT2D eigenvalue weighted by molar-refractivity contribution is 7.99. The predicted octanol–water partition coefficient (Wildman–Crippen LogP) is 2.87. The summed E-state index contributed by atoms with van der Waals surface area (Å²) in [5.41, 5.74) is 7.26. The second-order valence-corrected chi connectivity index (χ2v) is 5.85. The van der Waals surface area contributed by atoms with E-state index >= 15 is 0 Å². The van der Waals surface area contributed by atoms with E-state index in [1.165, 1.54) is 0 Å². The molecule has 110 valence electrons. The third-order valence-electron chi connectivity index (χ3n) is 3.28. The van der Waals surface area contributed by atoms with Gasteiger partial charge in [-0.3, -0.25) is 0 Å². The van der Waals surface area contributed by atoms with Gasteiger partial charge in [0.15, 0.2) is 11.5 Å². The Balaban J connectivity index is 1.66. The van der Waals surface area contributed by atoms with E-state index in [0.717, 1.165) is 22.0 Å². The second kappa shape index (κ2) is 6.28. The van der Waals surface area contributed by atoms with Crippen LogP contribution >= 0.6 is 11.8 Å². The van der Waals surface area contributed by atoms with Crippen molar-refractivity contribution in [2.75, 3.05) is 24.7 Å². The van der Waals surface area contributed by atoms with Crippen molar-refractivity contribution >= 4 is 17.4 Å². The Morgan fingerprint density at radius 2 is 1.86 bits per heavy atom. The van der Waals surface area contributed by atoms with Crippen molar-refractivity contribution in [1.82, 2.24) is 0 Å². The summed E-state index contributed by atoms with van der Waals surface area (Å²) in [4.78, 5) is 1.04. The van der Waals surface area contributed by atoms with E-state index in [1.54, 1.807) is 17.8 Å². The van der Waals surface area contributed by atoms with Crippen LogP contribution in [0.4, 0.5) is 5.69 Å². The van der Waals surface area contributed by atoms with Crippen LogP contribution in [0, 0.1) is 0 Å². The Morgan fingerprint density at radius 3 is 2.67 bits per heavy atom. The Morgan fingerprint density at radius 1 is 1.10 bits per heavy atom. The van der Waals surface area contributed by atoms with Crippen LogP contribution in [-0.2, 0) is 0 Å².